The highest BCUT2D eigenvalue weighted by Crippen LogP contribution is 2.21. The molecule has 0 aliphatic rings. The van der Waals surface area contributed by atoms with Crippen molar-refractivity contribution < 1.29 is 14.7 Å². The van der Waals surface area contributed by atoms with Crippen LogP contribution in [0.15, 0.2) is 45.5 Å². The second-order valence-corrected chi connectivity index (χ2v) is 5.92. The number of carbonyl (C=O) groups excluding carboxylic acids is 1. The van der Waals surface area contributed by atoms with E-state index in [1.807, 2.05) is 0 Å². The first-order valence-corrected chi connectivity index (χ1v) is 7.47. The summed E-state index contributed by atoms with van der Waals surface area (Å²) in [5.41, 5.74) is 1.11. The number of halogens is 2. The zero-order valence-electron chi connectivity index (χ0n) is 10.6. The van der Waals surface area contributed by atoms with Crippen LogP contribution in [-0.4, -0.2) is 22.0 Å². The Labute approximate surface area is 137 Å². The van der Waals surface area contributed by atoms with Crippen LogP contribution < -0.4 is 5.32 Å². The molecule has 7 heteroatoms. The van der Waals surface area contributed by atoms with Crippen LogP contribution >= 0.6 is 31.9 Å². The molecule has 5 nitrogen and oxygen atoms in total. The number of carboxylic acid groups (broad SMARTS) is 1. The van der Waals surface area contributed by atoms with Crippen molar-refractivity contribution in [2.45, 2.75) is 6.54 Å². The number of aromatic nitrogens is 1. The summed E-state index contributed by atoms with van der Waals surface area (Å²) in [6.07, 6.45) is 1.40. The standard InChI is InChI=1S/C14H10Br2N2O3/c15-9-1-2-11(12(16)6-9)13(19)18-7-10-5-8(14(20)21)3-4-17-10/h1-6H,7H2,(H,18,19)(H,20,21). The van der Waals surface area contributed by atoms with Gasteiger partial charge in [0.05, 0.1) is 23.4 Å². The molecule has 0 fully saturated rings. The second-order valence-electron chi connectivity index (χ2n) is 4.15. The molecule has 0 aliphatic heterocycles. The number of pyridine rings is 1. The predicted molar refractivity (Wildman–Crippen MR) is 84.2 cm³/mol. The van der Waals surface area contributed by atoms with Crippen molar-refractivity contribution in [3.8, 4) is 0 Å². The second kappa shape index (κ2) is 6.82. The summed E-state index contributed by atoms with van der Waals surface area (Å²) >= 11 is 6.64. The monoisotopic (exact) mass is 412 g/mol. The van der Waals surface area contributed by atoms with E-state index in [4.69, 9.17) is 5.11 Å². The van der Waals surface area contributed by atoms with E-state index in [0.29, 0.717) is 15.7 Å². The lowest BCUT2D eigenvalue weighted by Crippen LogP contribution is -2.23. The fraction of sp³-hybridized carbons (Fsp3) is 0.0714. The minimum Gasteiger partial charge on any atom is -0.478 e. The molecule has 0 unspecified atom stereocenters. The van der Waals surface area contributed by atoms with Crippen molar-refractivity contribution in [3.63, 3.8) is 0 Å². The summed E-state index contributed by atoms with van der Waals surface area (Å²) in [6.45, 7) is 0.155. The Bertz CT molecular complexity index is 704. The summed E-state index contributed by atoms with van der Waals surface area (Å²) in [6, 6.07) is 8.06. The number of nitrogens with one attached hydrogen (secondary N) is 1. The van der Waals surface area contributed by atoms with Crippen LogP contribution in [0.5, 0.6) is 0 Å². The quantitative estimate of drug-likeness (QED) is 0.806. The van der Waals surface area contributed by atoms with Crippen LogP contribution in [0.4, 0.5) is 0 Å². The first-order valence-electron chi connectivity index (χ1n) is 5.89. The highest BCUT2D eigenvalue weighted by atomic mass is 79.9. The van der Waals surface area contributed by atoms with Gasteiger partial charge in [0.25, 0.3) is 5.91 Å². The number of carbonyl (C=O) groups is 2. The molecule has 0 saturated heterocycles. The van der Waals surface area contributed by atoms with Gasteiger partial charge in [0, 0.05) is 15.1 Å². The van der Waals surface area contributed by atoms with Crippen LogP contribution in [0, 0.1) is 0 Å². The van der Waals surface area contributed by atoms with Crippen LogP contribution in [0.3, 0.4) is 0 Å². The lowest BCUT2D eigenvalue weighted by molar-refractivity contribution is 0.0696. The van der Waals surface area contributed by atoms with E-state index < -0.39 is 5.97 Å². The van der Waals surface area contributed by atoms with Crippen molar-refractivity contribution in [3.05, 3.63) is 62.3 Å². The highest BCUT2D eigenvalue weighted by Gasteiger charge is 2.11. The Balaban J connectivity index is 2.07. The molecule has 1 aromatic carbocycles. The molecule has 1 aromatic heterocycles. The zero-order chi connectivity index (χ0) is 15.4. The number of amides is 1. The summed E-state index contributed by atoms with van der Waals surface area (Å²) < 4.78 is 1.53. The van der Waals surface area contributed by atoms with E-state index in [2.05, 4.69) is 42.2 Å². The molecule has 0 aliphatic carbocycles. The fourth-order valence-electron chi connectivity index (χ4n) is 1.65. The first-order chi connectivity index (χ1) is 9.97. The highest BCUT2D eigenvalue weighted by molar-refractivity contribution is 9.11. The van der Waals surface area contributed by atoms with Gasteiger partial charge in [-0.25, -0.2) is 4.79 Å². The van der Waals surface area contributed by atoms with E-state index in [-0.39, 0.29) is 18.0 Å². The Morgan fingerprint density at radius 2 is 1.95 bits per heavy atom. The fourth-order valence-corrected chi connectivity index (χ4v) is 2.87. The normalized spacial score (nSPS) is 10.2. The number of benzene rings is 1. The molecular formula is C14H10Br2N2O3. The van der Waals surface area contributed by atoms with E-state index >= 15 is 0 Å². The van der Waals surface area contributed by atoms with Crippen molar-refractivity contribution in [2.75, 3.05) is 0 Å². The topological polar surface area (TPSA) is 79.3 Å². The third kappa shape index (κ3) is 4.12. The lowest BCUT2D eigenvalue weighted by Gasteiger charge is -2.07. The van der Waals surface area contributed by atoms with Crippen molar-refractivity contribution in [1.82, 2.24) is 10.3 Å². The molecule has 0 spiro atoms. The van der Waals surface area contributed by atoms with Crippen molar-refractivity contribution in [2.24, 2.45) is 0 Å². The van der Waals surface area contributed by atoms with E-state index in [1.165, 1.54) is 18.3 Å². The van der Waals surface area contributed by atoms with Crippen LogP contribution in [0.25, 0.3) is 0 Å². The van der Waals surface area contributed by atoms with E-state index in [0.717, 1.165) is 4.47 Å². The molecule has 2 aromatic rings. The number of carboxylic acids is 1. The Morgan fingerprint density at radius 1 is 1.19 bits per heavy atom. The van der Waals surface area contributed by atoms with Gasteiger partial charge in [-0.3, -0.25) is 9.78 Å². The van der Waals surface area contributed by atoms with Gasteiger partial charge in [0.15, 0.2) is 0 Å². The lowest BCUT2D eigenvalue weighted by atomic mass is 10.2. The molecule has 21 heavy (non-hydrogen) atoms. The number of hydrogen-bond acceptors (Lipinski definition) is 3. The van der Waals surface area contributed by atoms with Gasteiger partial charge < -0.3 is 10.4 Å². The van der Waals surface area contributed by atoms with Gasteiger partial charge in [-0.1, -0.05) is 15.9 Å². The molecule has 108 valence electrons. The SMILES string of the molecule is O=C(O)c1ccnc(CNC(=O)c2ccc(Br)cc2Br)c1. The molecule has 0 bridgehead atoms. The summed E-state index contributed by atoms with van der Waals surface area (Å²) in [5, 5.41) is 11.6. The molecule has 1 amide bonds. The van der Waals surface area contributed by atoms with Gasteiger partial charge in [0.1, 0.15) is 0 Å². The maximum Gasteiger partial charge on any atom is 0.335 e. The average molecular weight is 414 g/mol. The van der Waals surface area contributed by atoms with Crippen molar-refractivity contribution in [1.29, 1.82) is 0 Å². The van der Waals surface area contributed by atoms with Gasteiger partial charge in [-0.05, 0) is 46.3 Å². The minimum absolute atomic E-state index is 0.138. The Hall–Kier alpha value is -1.73. The van der Waals surface area contributed by atoms with E-state index in [9.17, 15) is 9.59 Å². The Morgan fingerprint density at radius 3 is 2.62 bits per heavy atom. The third-order valence-electron chi connectivity index (χ3n) is 2.67. The number of aromatic carboxylic acids is 1. The summed E-state index contributed by atoms with van der Waals surface area (Å²) in [4.78, 5) is 27.0. The molecule has 1 heterocycles. The first kappa shape index (κ1) is 15.7. The predicted octanol–water partition coefficient (Wildman–Crippen LogP) is 3.23. The Kier molecular flexibility index (Phi) is 5.08. The molecule has 0 saturated carbocycles. The van der Waals surface area contributed by atoms with Gasteiger partial charge >= 0.3 is 5.97 Å². The maximum absolute atomic E-state index is 12.1. The molecule has 2 rings (SSSR count). The minimum atomic E-state index is -1.03. The number of hydrogen-bond donors (Lipinski definition) is 2. The number of nitrogens with zero attached hydrogens (tertiary/aromatic N) is 1. The van der Waals surface area contributed by atoms with Gasteiger partial charge in [0.2, 0.25) is 0 Å². The van der Waals surface area contributed by atoms with Crippen LogP contribution in [0.2, 0.25) is 0 Å². The molecular weight excluding hydrogens is 404 g/mol. The van der Waals surface area contributed by atoms with Crippen LogP contribution in [-0.2, 0) is 6.54 Å². The van der Waals surface area contributed by atoms with Gasteiger partial charge in [-0.15, -0.1) is 0 Å². The molecule has 0 radical (unpaired) electrons. The average Bonchev–Trinajstić information content (AvgIpc) is 2.45. The van der Waals surface area contributed by atoms with E-state index in [1.54, 1.807) is 18.2 Å². The molecule has 2 N–H and O–H groups in total. The summed E-state index contributed by atoms with van der Waals surface area (Å²) in [5.74, 6) is -1.29. The third-order valence-corrected chi connectivity index (χ3v) is 3.82. The summed E-state index contributed by atoms with van der Waals surface area (Å²) in [7, 11) is 0. The maximum atomic E-state index is 12.1. The van der Waals surface area contributed by atoms with Crippen molar-refractivity contribution >= 4 is 43.7 Å². The molecule has 0 atom stereocenters. The largest absolute Gasteiger partial charge is 0.478 e. The smallest absolute Gasteiger partial charge is 0.335 e. The zero-order valence-corrected chi connectivity index (χ0v) is 13.8. The van der Waals surface area contributed by atoms with Gasteiger partial charge in [-0.2, -0.15) is 0 Å². The van der Waals surface area contributed by atoms with Crippen LogP contribution in [0.1, 0.15) is 26.4 Å². The number of rotatable bonds is 4.